The van der Waals surface area contributed by atoms with Crippen LogP contribution in [0, 0.1) is 5.92 Å². The van der Waals surface area contributed by atoms with Crippen LogP contribution in [0.3, 0.4) is 0 Å². The fraction of sp³-hybridized carbons (Fsp3) is 0.615. The molecule has 23 heavy (non-hydrogen) atoms. The van der Waals surface area contributed by atoms with Crippen molar-refractivity contribution >= 4 is 11.9 Å². The van der Waals surface area contributed by atoms with Gasteiger partial charge in [-0.2, -0.15) is 13.2 Å². The van der Waals surface area contributed by atoms with E-state index in [2.05, 4.69) is 26.1 Å². The Hall–Kier alpha value is -1.94. The van der Waals surface area contributed by atoms with Gasteiger partial charge >= 0.3 is 6.18 Å². The van der Waals surface area contributed by atoms with E-state index in [-0.39, 0.29) is 23.9 Å². The van der Waals surface area contributed by atoms with Crippen molar-refractivity contribution in [2.45, 2.75) is 43.6 Å². The van der Waals surface area contributed by atoms with Crippen LogP contribution in [-0.4, -0.2) is 34.0 Å². The first-order chi connectivity index (χ1) is 10.8. The predicted octanol–water partition coefficient (Wildman–Crippen LogP) is 0.406. The first-order valence-electron chi connectivity index (χ1n) is 7.32. The molecule has 10 heteroatoms. The number of hydrogen-bond acceptors (Lipinski definition) is 6. The molecule has 1 aromatic heterocycles. The van der Waals surface area contributed by atoms with Crippen molar-refractivity contribution in [1.82, 2.24) is 20.8 Å². The number of halogens is 3. The quantitative estimate of drug-likeness (QED) is 0.640. The molecule has 1 saturated carbocycles. The van der Waals surface area contributed by atoms with Crippen LogP contribution in [0.25, 0.3) is 0 Å². The van der Waals surface area contributed by atoms with Gasteiger partial charge in [-0.05, 0) is 25.3 Å². The Bertz CT molecular complexity index is 595. The van der Waals surface area contributed by atoms with Crippen molar-refractivity contribution < 1.29 is 18.0 Å². The van der Waals surface area contributed by atoms with E-state index < -0.39 is 23.8 Å². The summed E-state index contributed by atoms with van der Waals surface area (Å²) in [5, 5.41) is 2.94. The average molecular weight is 330 g/mol. The van der Waals surface area contributed by atoms with Gasteiger partial charge in [0.1, 0.15) is 11.7 Å². The molecule has 1 aliphatic carbocycles. The highest BCUT2D eigenvalue weighted by Crippen LogP contribution is 2.32. The number of carbonyl (C=O) groups excluding carboxylic acids is 1. The van der Waals surface area contributed by atoms with E-state index in [1.54, 1.807) is 0 Å². The molecular weight excluding hydrogens is 313 g/mol. The molecule has 3 rings (SSSR count). The summed E-state index contributed by atoms with van der Waals surface area (Å²) in [4.78, 5) is 18.8. The molecule has 4 atom stereocenters. The topological polar surface area (TPSA) is 105 Å². The van der Waals surface area contributed by atoms with Gasteiger partial charge in [-0.15, -0.1) is 0 Å². The number of aromatic nitrogens is 2. The third kappa shape index (κ3) is 3.37. The summed E-state index contributed by atoms with van der Waals surface area (Å²) in [7, 11) is 0. The number of alkyl halides is 3. The van der Waals surface area contributed by atoms with Gasteiger partial charge in [0.15, 0.2) is 0 Å². The van der Waals surface area contributed by atoms with Crippen molar-refractivity contribution in [3.05, 3.63) is 18.0 Å². The number of rotatable bonds is 3. The summed E-state index contributed by atoms with van der Waals surface area (Å²) in [6.07, 6.45) is -1.32. The molecule has 0 aromatic carbocycles. The number of amides is 1. The summed E-state index contributed by atoms with van der Waals surface area (Å²) in [6.45, 7) is 0. The standard InChI is InChI=1S/C13H17F3N6O/c14-13(15,16)9-3-4-18-12(20-9)19-6-1-2-8-7(5-6)10(11(17)23)22-21-8/h3-4,6-8,10,21-22H,1-2,5H2,(H2,17,23)(H,18,19,20). The number of carbonyl (C=O) groups is 1. The summed E-state index contributed by atoms with van der Waals surface area (Å²) in [6, 6.07) is 0.374. The first kappa shape index (κ1) is 15.9. The lowest BCUT2D eigenvalue weighted by molar-refractivity contribution is -0.141. The van der Waals surface area contributed by atoms with Crippen molar-refractivity contribution in [3.8, 4) is 0 Å². The monoisotopic (exact) mass is 330 g/mol. The minimum atomic E-state index is -4.51. The zero-order chi connectivity index (χ0) is 16.6. The second-order valence-electron chi connectivity index (χ2n) is 5.86. The van der Waals surface area contributed by atoms with Crippen molar-refractivity contribution in [2.75, 3.05) is 5.32 Å². The number of nitrogens with two attached hydrogens (primary N) is 1. The smallest absolute Gasteiger partial charge is 0.368 e. The van der Waals surface area contributed by atoms with E-state index in [1.807, 2.05) is 0 Å². The predicted molar refractivity (Wildman–Crippen MR) is 74.8 cm³/mol. The van der Waals surface area contributed by atoms with Gasteiger partial charge in [0, 0.05) is 24.2 Å². The van der Waals surface area contributed by atoms with Crippen LogP contribution < -0.4 is 21.9 Å². The number of nitrogens with one attached hydrogen (secondary N) is 3. The lowest BCUT2D eigenvalue weighted by Crippen LogP contribution is -2.44. The number of hydrogen-bond donors (Lipinski definition) is 4. The fourth-order valence-electron chi connectivity index (χ4n) is 3.24. The van der Waals surface area contributed by atoms with Crippen LogP contribution in [0.1, 0.15) is 25.0 Å². The van der Waals surface area contributed by atoms with Gasteiger partial charge in [-0.3, -0.25) is 10.2 Å². The zero-order valence-corrected chi connectivity index (χ0v) is 12.1. The van der Waals surface area contributed by atoms with Crippen LogP contribution in [-0.2, 0) is 11.0 Å². The number of anilines is 1. The number of hydrazine groups is 1. The zero-order valence-electron chi connectivity index (χ0n) is 12.1. The summed E-state index contributed by atoms with van der Waals surface area (Å²) in [5.41, 5.74) is 10.3. The van der Waals surface area contributed by atoms with E-state index in [1.165, 1.54) is 0 Å². The Morgan fingerprint density at radius 1 is 1.35 bits per heavy atom. The summed E-state index contributed by atoms with van der Waals surface area (Å²) >= 11 is 0. The van der Waals surface area contributed by atoms with Gasteiger partial charge in [0.2, 0.25) is 11.9 Å². The van der Waals surface area contributed by atoms with Crippen LogP contribution in [0.2, 0.25) is 0 Å². The molecule has 1 aromatic rings. The summed E-state index contributed by atoms with van der Waals surface area (Å²) in [5.74, 6) is -0.511. The molecule has 2 heterocycles. The van der Waals surface area contributed by atoms with E-state index in [0.29, 0.717) is 6.42 Å². The maximum absolute atomic E-state index is 12.7. The SMILES string of the molecule is NC(=O)C1NNC2CCC(Nc3nccc(C(F)(F)F)n3)CC21. The molecule has 1 saturated heterocycles. The lowest BCUT2D eigenvalue weighted by atomic mass is 9.79. The van der Waals surface area contributed by atoms with Crippen molar-refractivity contribution in [2.24, 2.45) is 11.7 Å². The molecule has 1 amide bonds. The van der Waals surface area contributed by atoms with Gasteiger partial charge in [-0.25, -0.2) is 15.4 Å². The van der Waals surface area contributed by atoms with Crippen LogP contribution in [0.5, 0.6) is 0 Å². The maximum atomic E-state index is 12.7. The van der Waals surface area contributed by atoms with Gasteiger partial charge in [0.05, 0.1) is 0 Å². The normalized spacial score (nSPS) is 30.7. The number of fused-ring (bicyclic) bond motifs is 1. The molecule has 7 nitrogen and oxygen atoms in total. The Morgan fingerprint density at radius 2 is 2.13 bits per heavy atom. The van der Waals surface area contributed by atoms with E-state index in [4.69, 9.17) is 5.73 Å². The minimum absolute atomic E-state index is 0.00968. The second kappa shape index (κ2) is 5.93. The fourth-order valence-corrected chi connectivity index (χ4v) is 3.24. The highest BCUT2D eigenvalue weighted by atomic mass is 19.4. The van der Waals surface area contributed by atoms with E-state index >= 15 is 0 Å². The Balaban J connectivity index is 1.68. The molecule has 126 valence electrons. The molecule has 0 spiro atoms. The van der Waals surface area contributed by atoms with Gasteiger partial charge < -0.3 is 11.1 Å². The Morgan fingerprint density at radius 3 is 2.83 bits per heavy atom. The highest BCUT2D eigenvalue weighted by molar-refractivity contribution is 5.80. The van der Waals surface area contributed by atoms with E-state index in [9.17, 15) is 18.0 Å². The van der Waals surface area contributed by atoms with Gasteiger partial charge in [0.25, 0.3) is 0 Å². The van der Waals surface area contributed by atoms with Crippen LogP contribution in [0.4, 0.5) is 19.1 Å². The first-order valence-corrected chi connectivity index (χ1v) is 7.32. The molecule has 0 radical (unpaired) electrons. The molecule has 1 aliphatic heterocycles. The number of nitrogens with zero attached hydrogens (tertiary/aromatic N) is 2. The van der Waals surface area contributed by atoms with E-state index in [0.717, 1.165) is 25.1 Å². The summed E-state index contributed by atoms with van der Waals surface area (Å²) < 4.78 is 38.0. The molecule has 2 fully saturated rings. The molecular formula is C13H17F3N6O. The Labute approximate surface area is 130 Å². The van der Waals surface area contributed by atoms with Crippen LogP contribution >= 0.6 is 0 Å². The van der Waals surface area contributed by atoms with Gasteiger partial charge in [-0.1, -0.05) is 0 Å². The van der Waals surface area contributed by atoms with Crippen molar-refractivity contribution in [3.63, 3.8) is 0 Å². The highest BCUT2D eigenvalue weighted by Gasteiger charge is 2.43. The average Bonchev–Trinajstić information content (AvgIpc) is 2.90. The van der Waals surface area contributed by atoms with Crippen molar-refractivity contribution in [1.29, 1.82) is 0 Å². The molecule has 5 N–H and O–H groups in total. The Kier molecular flexibility index (Phi) is 4.11. The van der Waals surface area contributed by atoms with Crippen LogP contribution in [0.15, 0.2) is 12.3 Å². The molecule has 2 aliphatic rings. The number of primary amides is 1. The molecule has 4 unspecified atom stereocenters. The second-order valence-corrected chi connectivity index (χ2v) is 5.86. The maximum Gasteiger partial charge on any atom is 0.433 e. The minimum Gasteiger partial charge on any atom is -0.368 e. The largest absolute Gasteiger partial charge is 0.433 e. The lowest BCUT2D eigenvalue weighted by Gasteiger charge is -2.32. The third-order valence-corrected chi connectivity index (χ3v) is 4.34. The third-order valence-electron chi connectivity index (χ3n) is 4.34. The molecule has 0 bridgehead atoms.